The number of hydrogen-bond acceptors (Lipinski definition) is 4. The zero-order valence-corrected chi connectivity index (χ0v) is 11.8. The molecule has 2 bridgehead atoms. The molecule has 3 rings (SSSR count). The number of rotatable bonds is 2. The van der Waals surface area contributed by atoms with Crippen LogP contribution in [0.2, 0.25) is 0 Å². The number of nitrogens with zero attached hydrogens (tertiary/aromatic N) is 3. The van der Waals surface area contributed by atoms with Crippen LogP contribution in [-0.2, 0) is 0 Å². The summed E-state index contributed by atoms with van der Waals surface area (Å²) in [6, 6.07) is 5.33. The van der Waals surface area contributed by atoms with Crippen LogP contribution < -0.4 is 4.90 Å². The minimum atomic E-state index is -0.423. The van der Waals surface area contributed by atoms with Crippen molar-refractivity contribution in [1.29, 1.82) is 0 Å². The molecule has 2 aliphatic rings. The lowest BCUT2D eigenvalue weighted by Crippen LogP contribution is -2.37. The summed E-state index contributed by atoms with van der Waals surface area (Å²) in [7, 11) is 2.26. The Bertz CT molecular complexity index is 449. The fourth-order valence-electron chi connectivity index (χ4n) is 3.38. The molecule has 2 saturated heterocycles. The van der Waals surface area contributed by atoms with Gasteiger partial charge in [0.2, 0.25) is 0 Å². The number of aliphatic hydroxyl groups excluding tert-OH is 1. The number of likely N-dealkylation sites (N-methyl/N-ethyl adjacent to an activating group) is 1. The number of hydrogen-bond donors (Lipinski definition) is 1. The number of aliphatic hydroxyl groups is 1. The van der Waals surface area contributed by atoms with Gasteiger partial charge in [-0.1, -0.05) is 0 Å². The van der Waals surface area contributed by atoms with Gasteiger partial charge in [-0.25, -0.2) is 4.98 Å². The van der Waals surface area contributed by atoms with Crippen LogP contribution in [0.1, 0.15) is 37.9 Å². The second-order valence-corrected chi connectivity index (χ2v) is 5.91. The molecule has 0 saturated carbocycles. The van der Waals surface area contributed by atoms with E-state index >= 15 is 0 Å². The van der Waals surface area contributed by atoms with Gasteiger partial charge in [-0.15, -0.1) is 0 Å². The Balaban J connectivity index is 1.81. The van der Waals surface area contributed by atoms with E-state index in [4.69, 9.17) is 0 Å². The molecule has 104 valence electrons. The van der Waals surface area contributed by atoms with Gasteiger partial charge in [0.25, 0.3) is 0 Å². The lowest BCUT2D eigenvalue weighted by Gasteiger charge is -2.27. The monoisotopic (exact) mass is 261 g/mol. The van der Waals surface area contributed by atoms with E-state index in [9.17, 15) is 5.11 Å². The maximum atomic E-state index is 9.69. The van der Waals surface area contributed by atoms with E-state index in [0.717, 1.165) is 30.5 Å². The van der Waals surface area contributed by atoms with Crippen LogP contribution >= 0.6 is 0 Å². The topological polar surface area (TPSA) is 39.6 Å². The van der Waals surface area contributed by atoms with Crippen molar-refractivity contribution in [3.8, 4) is 0 Å². The Kier molecular flexibility index (Phi) is 3.46. The highest BCUT2D eigenvalue weighted by atomic mass is 16.3. The summed E-state index contributed by atoms with van der Waals surface area (Å²) < 4.78 is 0. The minimum absolute atomic E-state index is 0.423. The van der Waals surface area contributed by atoms with Crippen LogP contribution in [0.25, 0.3) is 0 Å². The molecule has 0 radical (unpaired) electrons. The van der Waals surface area contributed by atoms with E-state index in [1.54, 1.807) is 6.92 Å². The van der Waals surface area contributed by atoms with Crippen LogP contribution in [0.5, 0.6) is 0 Å². The molecule has 19 heavy (non-hydrogen) atoms. The average molecular weight is 261 g/mol. The zero-order valence-electron chi connectivity index (χ0n) is 11.8. The van der Waals surface area contributed by atoms with Crippen molar-refractivity contribution in [3.63, 3.8) is 0 Å². The molecule has 2 fully saturated rings. The molecule has 1 aromatic heterocycles. The minimum Gasteiger partial charge on any atom is -0.389 e. The van der Waals surface area contributed by atoms with Gasteiger partial charge in [-0.05, 0) is 50.9 Å². The highest BCUT2D eigenvalue weighted by Gasteiger charge is 2.34. The van der Waals surface area contributed by atoms with E-state index < -0.39 is 6.10 Å². The summed E-state index contributed by atoms with van der Waals surface area (Å²) in [6.45, 7) is 3.93. The van der Waals surface area contributed by atoms with Crippen LogP contribution in [0.4, 0.5) is 5.82 Å². The summed E-state index contributed by atoms with van der Waals surface area (Å²) in [6.07, 6.45) is 5.25. The van der Waals surface area contributed by atoms with E-state index in [-0.39, 0.29) is 0 Å². The number of aromatic nitrogens is 1. The van der Waals surface area contributed by atoms with Crippen LogP contribution in [0, 0.1) is 0 Å². The van der Waals surface area contributed by atoms with Gasteiger partial charge in [-0.2, -0.15) is 0 Å². The van der Waals surface area contributed by atoms with E-state index in [1.165, 1.54) is 19.3 Å². The third-order valence-electron chi connectivity index (χ3n) is 4.72. The second-order valence-electron chi connectivity index (χ2n) is 5.91. The van der Waals surface area contributed by atoms with Crippen molar-refractivity contribution in [3.05, 3.63) is 23.9 Å². The first kappa shape index (κ1) is 12.9. The highest BCUT2D eigenvalue weighted by molar-refractivity contribution is 5.42. The number of pyridine rings is 1. The molecule has 1 aromatic rings. The maximum Gasteiger partial charge on any atom is 0.128 e. The molecule has 3 atom stereocenters. The SMILES string of the molecule is C[C@H](O)c1ccnc(N2CCC3CCC(C2)N3C)c1. The smallest absolute Gasteiger partial charge is 0.128 e. The van der Waals surface area contributed by atoms with Gasteiger partial charge < -0.3 is 10.0 Å². The molecule has 0 spiro atoms. The van der Waals surface area contributed by atoms with Crippen molar-refractivity contribution in [2.45, 2.75) is 44.4 Å². The number of anilines is 1. The lowest BCUT2D eigenvalue weighted by atomic mass is 10.1. The van der Waals surface area contributed by atoms with Crippen molar-refractivity contribution < 1.29 is 5.11 Å². The molecular weight excluding hydrogens is 238 g/mol. The predicted octanol–water partition coefficient (Wildman–Crippen LogP) is 1.81. The molecule has 2 aliphatic heterocycles. The van der Waals surface area contributed by atoms with Gasteiger partial charge in [-0.3, -0.25) is 4.90 Å². The molecule has 0 aromatic carbocycles. The third-order valence-corrected chi connectivity index (χ3v) is 4.72. The summed E-state index contributed by atoms with van der Waals surface area (Å²) >= 11 is 0. The Morgan fingerprint density at radius 1 is 1.32 bits per heavy atom. The van der Waals surface area contributed by atoms with Gasteiger partial charge in [0, 0.05) is 31.4 Å². The molecule has 3 heterocycles. The summed E-state index contributed by atoms with van der Waals surface area (Å²) in [5.41, 5.74) is 0.952. The van der Waals surface area contributed by atoms with Gasteiger partial charge >= 0.3 is 0 Å². The first-order chi connectivity index (χ1) is 9.15. The normalized spacial score (nSPS) is 29.3. The summed E-state index contributed by atoms with van der Waals surface area (Å²) in [5.74, 6) is 1.01. The quantitative estimate of drug-likeness (QED) is 0.881. The van der Waals surface area contributed by atoms with Crippen molar-refractivity contribution in [1.82, 2.24) is 9.88 Å². The molecule has 0 aliphatic carbocycles. The van der Waals surface area contributed by atoms with Crippen molar-refractivity contribution in [2.75, 3.05) is 25.0 Å². The number of fused-ring (bicyclic) bond motifs is 2. The third kappa shape index (κ3) is 2.47. The van der Waals surface area contributed by atoms with E-state index in [1.807, 2.05) is 18.3 Å². The Morgan fingerprint density at radius 3 is 2.89 bits per heavy atom. The standard InChI is InChI=1S/C15H23N3O/c1-11(19)12-5-7-16-15(9-12)18-8-6-13-3-4-14(10-18)17(13)2/h5,7,9,11,13-14,19H,3-4,6,8,10H2,1-2H3/t11-,13?,14?/m0/s1. The van der Waals surface area contributed by atoms with Gasteiger partial charge in [0.1, 0.15) is 5.82 Å². The van der Waals surface area contributed by atoms with Gasteiger partial charge in [0.15, 0.2) is 0 Å². The Hall–Kier alpha value is -1.13. The van der Waals surface area contributed by atoms with Crippen LogP contribution in [-0.4, -0.2) is 47.2 Å². The first-order valence-electron chi connectivity index (χ1n) is 7.26. The summed E-state index contributed by atoms with van der Waals surface area (Å²) in [5, 5.41) is 9.69. The molecule has 4 heteroatoms. The zero-order chi connectivity index (χ0) is 13.4. The van der Waals surface area contributed by atoms with Crippen LogP contribution in [0.3, 0.4) is 0 Å². The molecule has 1 N–H and O–H groups in total. The fraction of sp³-hybridized carbons (Fsp3) is 0.667. The lowest BCUT2D eigenvalue weighted by molar-refractivity contribution is 0.199. The Labute approximate surface area is 115 Å². The Morgan fingerprint density at radius 2 is 2.11 bits per heavy atom. The van der Waals surface area contributed by atoms with Crippen molar-refractivity contribution in [2.24, 2.45) is 0 Å². The largest absolute Gasteiger partial charge is 0.389 e. The first-order valence-corrected chi connectivity index (χ1v) is 7.26. The molecule has 2 unspecified atom stereocenters. The maximum absolute atomic E-state index is 9.69. The fourth-order valence-corrected chi connectivity index (χ4v) is 3.38. The van der Waals surface area contributed by atoms with E-state index in [2.05, 4.69) is 21.8 Å². The summed E-state index contributed by atoms with van der Waals surface area (Å²) in [4.78, 5) is 9.41. The highest BCUT2D eigenvalue weighted by Crippen LogP contribution is 2.30. The predicted molar refractivity (Wildman–Crippen MR) is 76.3 cm³/mol. The molecular formula is C15H23N3O. The average Bonchev–Trinajstić information content (AvgIpc) is 2.63. The van der Waals surface area contributed by atoms with Crippen LogP contribution in [0.15, 0.2) is 18.3 Å². The van der Waals surface area contributed by atoms with Crippen molar-refractivity contribution >= 4 is 5.82 Å². The van der Waals surface area contributed by atoms with E-state index in [0.29, 0.717) is 6.04 Å². The molecule has 0 amide bonds. The van der Waals surface area contributed by atoms with Gasteiger partial charge in [0.05, 0.1) is 6.10 Å². The molecule has 4 nitrogen and oxygen atoms in total. The second kappa shape index (κ2) is 5.10.